The number of rotatable bonds is 2. The second-order valence-corrected chi connectivity index (χ2v) is 3.32. The van der Waals surface area contributed by atoms with Gasteiger partial charge < -0.3 is 5.73 Å². The van der Waals surface area contributed by atoms with E-state index in [2.05, 4.69) is 4.98 Å². The molecule has 0 fully saturated rings. The van der Waals surface area contributed by atoms with Crippen molar-refractivity contribution in [3.63, 3.8) is 0 Å². The Morgan fingerprint density at radius 3 is 2.71 bits per heavy atom. The number of hydrazine groups is 1. The average molecular weight is 194 g/mol. The quantitative estimate of drug-likeness (QED) is 0.360. The third-order valence-electron chi connectivity index (χ3n) is 1.92. The number of anilines is 1. The van der Waals surface area contributed by atoms with Gasteiger partial charge in [-0.05, 0) is 12.0 Å². The molecule has 0 aliphatic rings. The average Bonchev–Trinajstić information content (AvgIpc) is 2.17. The first-order valence-corrected chi connectivity index (χ1v) is 4.32. The number of nitrogens with zero attached hydrogens (tertiary/aromatic N) is 1. The van der Waals surface area contributed by atoms with Crippen molar-refractivity contribution in [2.45, 2.75) is 19.8 Å². The first kappa shape index (κ1) is 10.5. The van der Waals surface area contributed by atoms with Crippen molar-refractivity contribution in [3.8, 4) is 0 Å². The van der Waals surface area contributed by atoms with E-state index in [1.165, 1.54) is 6.20 Å². The maximum absolute atomic E-state index is 11.3. The summed E-state index contributed by atoms with van der Waals surface area (Å²) in [7, 11) is 0. The molecule has 0 bridgehead atoms. The lowest BCUT2D eigenvalue weighted by Gasteiger charge is -2.08. The van der Waals surface area contributed by atoms with Crippen molar-refractivity contribution in [2.24, 2.45) is 5.84 Å². The number of nitrogen functional groups attached to an aromatic ring is 2. The van der Waals surface area contributed by atoms with E-state index >= 15 is 0 Å². The predicted octanol–water partition coefficient (Wildman–Crippen LogP) is 0.391. The number of amides is 1. The molecule has 0 unspecified atom stereocenters. The number of nitrogens with two attached hydrogens (primary N) is 2. The Morgan fingerprint density at radius 2 is 2.21 bits per heavy atom. The van der Waals surface area contributed by atoms with Gasteiger partial charge in [-0.1, -0.05) is 13.8 Å². The van der Waals surface area contributed by atoms with Crippen LogP contribution in [0.3, 0.4) is 0 Å². The van der Waals surface area contributed by atoms with Gasteiger partial charge in [-0.25, -0.2) is 5.84 Å². The number of carbonyl (C=O) groups is 1. The zero-order chi connectivity index (χ0) is 10.7. The second kappa shape index (κ2) is 4.06. The van der Waals surface area contributed by atoms with E-state index in [4.69, 9.17) is 11.6 Å². The van der Waals surface area contributed by atoms with Gasteiger partial charge in [-0.15, -0.1) is 0 Å². The van der Waals surface area contributed by atoms with Gasteiger partial charge in [0.2, 0.25) is 0 Å². The largest absolute Gasteiger partial charge is 0.397 e. The first-order chi connectivity index (χ1) is 6.56. The van der Waals surface area contributed by atoms with Crippen LogP contribution in [0.25, 0.3) is 0 Å². The molecule has 1 aromatic rings. The van der Waals surface area contributed by atoms with Gasteiger partial charge in [0, 0.05) is 5.69 Å². The third kappa shape index (κ3) is 2.00. The summed E-state index contributed by atoms with van der Waals surface area (Å²) in [6.07, 6.45) is 1.47. The molecule has 1 amide bonds. The van der Waals surface area contributed by atoms with Crippen LogP contribution in [0.4, 0.5) is 5.69 Å². The third-order valence-corrected chi connectivity index (χ3v) is 1.92. The summed E-state index contributed by atoms with van der Waals surface area (Å²) >= 11 is 0. The molecule has 5 heteroatoms. The molecule has 76 valence electrons. The van der Waals surface area contributed by atoms with E-state index in [1.807, 2.05) is 19.3 Å². The first-order valence-electron chi connectivity index (χ1n) is 4.32. The van der Waals surface area contributed by atoms with Crippen molar-refractivity contribution in [2.75, 3.05) is 5.73 Å². The molecular formula is C9H14N4O. The minimum Gasteiger partial charge on any atom is -0.397 e. The monoisotopic (exact) mass is 194 g/mol. The molecule has 1 aromatic heterocycles. The summed E-state index contributed by atoms with van der Waals surface area (Å²) in [4.78, 5) is 15.4. The van der Waals surface area contributed by atoms with Crippen LogP contribution < -0.4 is 17.0 Å². The van der Waals surface area contributed by atoms with E-state index < -0.39 is 5.91 Å². The van der Waals surface area contributed by atoms with Crippen LogP contribution in [0.15, 0.2) is 12.3 Å². The Bertz CT molecular complexity index is 349. The number of nitrogens with one attached hydrogen (secondary N) is 1. The molecule has 0 saturated carbocycles. The van der Waals surface area contributed by atoms with Gasteiger partial charge in [0.1, 0.15) is 0 Å². The predicted molar refractivity (Wildman–Crippen MR) is 54.4 cm³/mol. The maximum Gasteiger partial charge on any atom is 0.267 e. The molecular weight excluding hydrogens is 180 g/mol. The Balaban J connectivity index is 3.15. The van der Waals surface area contributed by atoms with Crippen molar-refractivity contribution < 1.29 is 4.79 Å². The molecule has 1 rings (SSSR count). The molecule has 0 aliphatic heterocycles. The van der Waals surface area contributed by atoms with Gasteiger partial charge in [0.15, 0.2) is 0 Å². The highest BCUT2D eigenvalue weighted by atomic mass is 16.2. The van der Waals surface area contributed by atoms with Gasteiger partial charge in [-0.2, -0.15) is 0 Å². The number of pyridine rings is 1. The van der Waals surface area contributed by atoms with Gasteiger partial charge in [0.25, 0.3) is 5.91 Å². The van der Waals surface area contributed by atoms with E-state index in [-0.39, 0.29) is 5.92 Å². The fraction of sp³-hybridized carbons (Fsp3) is 0.333. The standard InChI is InChI=1S/C9H14N4O/c1-5(2)8-3-6(9(14)13-11)7(10)4-12-8/h3-5H,10-11H2,1-2H3,(H,13,14). The van der Waals surface area contributed by atoms with Crippen molar-refractivity contribution in [1.29, 1.82) is 0 Å². The molecule has 14 heavy (non-hydrogen) atoms. The molecule has 0 spiro atoms. The highest BCUT2D eigenvalue weighted by Crippen LogP contribution is 2.17. The number of aromatic nitrogens is 1. The zero-order valence-corrected chi connectivity index (χ0v) is 8.24. The van der Waals surface area contributed by atoms with Gasteiger partial charge >= 0.3 is 0 Å². The normalized spacial score (nSPS) is 10.3. The van der Waals surface area contributed by atoms with E-state index in [0.717, 1.165) is 5.69 Å². The van der Waals surface area contributed by atoms with Crippen molar-refractivity contribution in [1.82, 2.24) is 10.4 Å². The Morgan fingerprint density at radius 1 is 1.57 bits per heavy atom. The minimum atomic E-state index is -0.396. The summed E-state index contributed by atoms with van der Waals surface area (Å²) in [6.45, 7) is 3.98. The van der Waals surface area contributed by atoms with Crippen LogP contribution in [0.5, 0.6) is 0 Å². The summed E-state index contributed by atoms with van der Waals surface area (Å²) in [6, 6.07) is 1.65. The topological polar surface area (TPSA) is 94.0 Å². The molecule has 0 radical (unpaired) electrons. The fourth-order valence-electron chi connectivity index (χ4n) is 1.07. The molecule has 5 N–H and O–H groups in total. The Kier molecular flexibility index (Phi) is 3.03. The highest BCUT2D eigenvalue weighted by molar-refractivity contribution is 5.98. The van der Waals surface area contributed by atoms with Crippen LogP contribution in [0.1, 0.15) is 35.8 Å². The summed E-state index contributed by atoms with van der Waals surface area (Å²) in [5, 5.41) is 0. The van der Waals surface area contributed by atoms with Gasteiger partial charge in [-0.3, -0.25) is 15.2 Å². The molecule has 0 saturated heterocycles. The lowest BCUT2D eigenvalue weighted by molar-refractivity contribution is 0.0954. The van der Waals surface area contributed by atoms with E-state index in [9.17, 15) is 4.79 Å². The van der Waals surface area contributed by atoms with Crippen LogP contribution in [0.2, 0.25) is 0 Å². The number of carbonyl (C=O) groups excluding carboxylic acids is 1. The van der Waals surface area contributed by atoms with Crippen molar-refractivity contribution >= 4 is 11.6 Å². The Labute approximate surface area is 82.5 Å². The van der Waals surface area contributed by atoms with Gasteiger partial charge in [0.05, 0.1) is 17.4 Å². The van der Waals surface area contributed by atoms with Crippen LogP contribution in [-0.4, -0.2) is 10.9 Å². The summed E-state index contributed by atoms with van der Waals surface area (Å²) in [5.41, 5.74) is 9.14. The van der Waals surface area contributed by atoms with E-state index in [0.29, 0.717) is 11.3 Å². The Hall–Kier alpha value is -1.62. The smallest absolute Gasteiger partial charge is 0.267 e. The summed E-state index contributed by atoms with van der Waals surface area (Å²) < 4.78 is 0. The SMILES string of the molecule is CC(C)c1cc(C(=O)NN)c(N)cn1. The molecule has 0 atom stereocenters. The lowest BCUT2D eigenvalue weighted by atomic mass is 10.1. The second-order valence-electron chi connectivity index (χ2n) is 3.32. The summed E-state index contributed by atoms with van der Waals surface area (Å²) in [5.74, 6) is 4.88. The number of hydrogen-bond donors (Lipinski definition) is 3. The maximum atomic E-state index is 11.3. The van der Waals surface area contributed by atoms with Crippen LogP contribution in [-0.2, 0) is 0 Å². The molecule has 0 aromatic carbocycles. The number of hydrogen-bond acceptors (Lipinski definition) is 4. The minimum absolute atomic E-state index is 0.250. The molecule has 5 nitrogen and oxygen atoms in total. The highest BCUT2D eigenvalue weighted by Gasteiger charge is 2.11. The van der Waals surface area contributed by atoms with Crippen molar-refractivity contribution in [3.05, 3.63) is 23.5 Å². The van der Waals surface area contributed by atoms with Crippen LogP contribution in [0, 0.1) is 0 Å². The lowest BCUT2D eigenvalue weighted by Crippen LogP contribution is -2.30. The van der Waals surface area contributed by atoms with Crippen LogP contribution >= 0.6 is 0 Å². The zero-order valence-electron chi connectivity index (χ0n) is 8.24. The van der Waals surface area contributed by atoms with E-state index in [1.54, 1.807) is 6.07 Å². The molecule has 0 aliphatic carbocycles. The fourth-order valence-corrected chi connectivity index (χ4v) is 1.07. The molecule has 1 heterocycles.